The third-order valence-corrected chi connectivity index (χ3v) is 3.71. The van der Waals surface area contributed by atoms with Crippen LogP contribution < -0.4 is 14.8 Å². The molecule has 0 saturated heterocycles. The molecule has 26 heavy (non-hydrogen) atoms. The first-order valence-corrected chi connectivity index (χ1v) is 8.81. The van der Waals surface area contributed by atoms with Gasteiger partial charge in [-0.2, -0.15) is 0 Å². The van der Waals surface area contributed by atoms with Gasteiger partial charge in [-0.15, -0.1) is 0 Å². The van der Waals surface area contributed by atoms with Crippen molar-refractivity contribution in [3.63, 3.8) is 0 Å². The molecule has 1 unspecified atom stereocenters. The fourth-order valence-electron chi connectivity index (χ4n) is 2.33. The van der Waals surface area contributed by atoms with Crippen LogP contribution in [0.3, 0.4) is 0 Å². The predicted octanol–water partition coefficient (Wildman–Crippen LogP) is 4.74. The second kappa shape index (κ2) is 9.60. The van der Waals surface area contributed by atoms with Gasteiger partial charge >= 0.3 is 0 Å². The predicted molar refractivity (Wildman–Crippen MR) is 101 cm³/mol. The van der Waals surface area contributed by atoms with E-state index in [-0.39, 0.29) is 11.7 Å². The van der Waals surface area contributed by atoms with Crippen LogP contribution in [-0.2, 0) is 0 Å². The summed E-state index contributed by atoms with van der Waals surface area (Å²) in [6.45, 7) is 7.37. The first-order chi connectivity index (χ1) is 12.5. The van der Waals surface area contributed by atoms with Crippen LogP contribution in [0.5, 0.6) is 11.5 Å². The lowest BCUT2D eigenvalue weighted by atomic mass is 10.1. The fourth-order valence-corrected chi connectivity index (χ4v) is 2.33. The van der Waals surface area contributed by atoms with Crippen LogP contribution in [0.4, 0.5) is 11.5 Å². The van der Waals surface area contributed by atoms with Gasteiger partial charge in [-0.25, -0.2) is 4.98 Å². The Balaban J connectivity index is 2.13. The normalized spacial score (nSPS) is 11.7. The molecule has 0 bridgehead atoms. The highest BCUT2D eigenvalue weighted by molar-refractivity contribution is 5.47. The molecule has 2 aromatic rings. The fraction of sp³-hybridized carbons (Fsp3) is 0.421. The largest absolute Gasteiger partial charge is 0.490 e. The topological polar surface area (TPSA) is 86.5 Å². The molecule has 1 N–H and O–H groups in total. The Bertz CT molecular complexity index is 719. The van der Waals surface area contributed by atoms with Crippen molar-refractivity contribution in [3.8, 4) is 11.5 Å². The summed E-state index contributed by atoms with van der Waals surface area (Å²) < 4.78 is 11.6. The number of benzene rings is 1. The van der Waals surface area contributed by atoms with Crippen LogP contribution in [0.1, 0.15) is 45.2 Å². The molecule has 1 atom stereocenters. The molecule has 2 rings (SSSR count). The molecule has 0 aliphatic heterocycles. The molecule has 140 valence electrons. The second-order valence-corrected chi connectivity index (χ2v) is 5.93. The van der Waals surface area contributed by atoms with Gasteiger partial charge in [0.2, 0.25) is 0 Å². The van der Waals surface area contributed by atoms with Crippen molar-refractivity contribution >= 4 is 11.5 Å². The van der Waals surface area contributed by atoms with E-state index in [0.717, 1.165) is 29.9 Å². The number of nitrogens with one attached hydrogen (secondary N) is 1. The number of hydrogen-bond acceptors (Lipinski definition) is 6. The molecule has 0 saturated carbocycles. The number of anilines is 1. The van der Waals surface area contributed by atoms with Gasteiger partial charge in [-0.05, 0) is 43.5 Å². The molecule has 1 aromatic heterocycles. The molecule has 0 fully saturated rings. The van der Waals surface area contributed by atoms with Crippen LogP contribution in [-0.4, -0.2) is 23.1 Å². The van der Waals surface area contributed by atoms with Gasteiger partial charge in [0, 0.05) is 6.07 Å². The van der Waals surface area contributed by atoms with Gasteiger partial charge in [0.1, 0.15) is 12.0 Å². The lowest BCUT2D eigenvalue weighted by Crippen LogP contribution is -2.09. The Labute approximate surface area is 153 Å². The highest BCUT2D eigenvalue weighted by atomic mass is 16.6. The Morgan fingerprint density at radius 2 is 1.81 bits per heavy atom. The maximum absolute atomic E-state index is 10.7. The van der Waals surface area contributed by atoms with E-state index in [0.29, 0.717) is 19.0 Å². The summed E-state index contributed by atoms with van der Waals surface area (Å²) >= 11 is 0. The molecular weight excluding hydrogens is 334 g/mol. The third-order valence-electron chi connectivity index (χ3n) is 3.71. The molecule has 0 spiro atoms. The van der Waals surface area contributed by atoms with Crippen molar-refractivity contribution in [1.29, 1.82) is 0 Å². The first kappa shape index (κ1) is 19.5. The van der Waals surface area contributed by atoms with Crippen LogP contribution in [0.15, 0.2) is 36.5 Å². The minimum absolute atomic E-state index is 0.0316. The molecule has 0 aliphatic rings. The van der Waals surface area contributed by atoms with Crippen molar-refractivity contribution in [2.45, 2.75) is 39.7 Å². The number of rotatable bonds is 10. The van der Waals surface area contributed by atoms with E-state index in [1.54, 1.807) is 6.07 Å². The maximum Gasteiger partial charge on any atom is 0.287 e. The van der Waals surface area contributed by atoms with Gasteiger partial charge in [-0.3, -0.25) is 10.1 Å². The van der Waals surface area contributed by atoms with E-state index < -0.39 is 4.92 Å². The lowest BCUT2D eigenvalue weighted by Gasteiger charge is -2.18. The molecule has 7 heteroatoms. The highest BCUT2D eigenvalue weighted by Gasteiger charge is 2.13. The number of hydrogen-bond donors (Lipinski definition) is 1. The molecule has 1 heterocycles. The van der Waals surface area contributed by atoms with Gasteiger partial charge < -0.3 is 14.8 Å². The highest BCUT2D eigenvalue weighted by Crippen LogP contribution is 2.32. The van der Waals surface area contributed by atoms with Crippen LogP contribution >= 0.6 is 0 Å². The standard InChI is InChI=1S/C19H25N3O4/c1-4-10-25-17-8-6-15(12-18(17)26-11-5-2)14(3)21-19-9-7-16(13-20-19)22(23)24/h6-9,12-14H,4-5,10-11H2,1-3H3,(H,20,21). The van der Waals surface area contributed by atoms with E-state index in [2.05, 4.69) is 24.1 Å². The zero-order valence-corrected chi connectivity index (χ0v) is 15.4. The van der Waals surface area contributed by atoms with Crippen LogP contribution in [0, 0.1) is 10.1 Å². The van der Waals surface area contributed by atoms with Crippen molar-refractivity contribution in [2.24, 2.45) is 0 Å². The zero-order valence-electron chi connectivity index (χ0n) is 15.4. The van der Waals surface area contributed by atoms with E-state index in [4.69, 9.17) is 9.47 Å². The quantitative estimate of drug-likeness (QED) is 0.487. The minimum Gasteiger partial charge on any atom is -0.490 e. The Morgan fingerprint density at radius 3 is 2.38 bits per heavy atom. The molecule has 7 nitrogen and oxygen atoms in total. The third kappa shape index (κ3) is 5.34. The Kier molecular flexibility index (Phi) is 7.20. The molecular formula is C19H25N3O4. The summed E-state index contributed by atoms with van der Waals surface area (Å²) in [7, 11) is 0. The average Bonchev–Trinajstić information content (AvgIpc) is 2.65. The Morgan fingerprint density at radius 1 is 1.12 bits per heavy atom. The zero-order chi connectivity index (χ0) is 18.9. The summed E-state index contributed by atoms with van der Waals surface area (Å²) in [5, 5.41) is 13.9. The summed E-state index contributed by atoms with van der Waals surface area (Å²) in [5.74, 6) is 2.04. The van der Waals surface area contributed by atoms with Crippen molar-refractivity contribution < 1.29 is 14.4 Å². The number of nitro groups is 1. The molecule has 1 aromatic carbocycles. The number of nitrogens with zero attached hydrogens (tertiary/aromatic N) is 2. The lowest BCUT2D eigenvalue weighted by molar-refractivity contribution is -0.385. The smallest absolute Gasteiger partial charge is 0.287 e. The number of pyridine rings is 1. The minimum atomic E-state index is -0.466. The number of ether oxygens (including phenoxy) is 2. The maximum atomic E-state index is 10.7. The second-order valence-electron chi connectivity index (χ2n) is 5.93. The van der Waals surface area contributed by atoms with Crippen molar-refractivity contribution in [3.05, 3.63) is 52.2 Å². The van der Waals surface area contributed by atoms with Crippen molar-refractivity contribution in [1.82, 2.24) is 4.98 Å². The Hall–Kier alpha value is -2.83. The van der Waals surface area contributed by atoms with Gasteiger partial charge in [0.15, 0.2) is 11.5 Å². The summed E-state index contributed by atoms with van der Waals surface area (Å²) in [4.78, 5) is 14.3. The average molecular weight is 359 g/mol. The SMILES string of the molecule is CCCOc1ccc(C(C)Nc2ccc([N+](=O)[O-])cn2)cc1OCCC. The van der Waals surface area contributed by atoms with Crippen LogP contribution in [0.25, 0.3) is 0 Å². The molecule has 0 amide bonds. The monoisotopic (exact) mass is 359 g/mol. The summed E-state index contributed by atoms with van der Waals surface area (Å²) in [6.07, 6.45) is 3.09. The summed E-state index contributed by atoms with van der Waals surface area (Å²) in [5.41, 5.74) is 0.982. The molecule has 0 aliphatic carbocycles. The molecule has 0 radical (unpaired) electrons. The van der Waals surface area contributed by atoms with Gasteiger partial charge in [0.05, 0.1) is 24.2 Å². The van der Waals surface area contributed by atoms with Gasteiger partial charge in [-0.1, -0.05) is 19.9 Å². The van der Waals surface area contributed by atoms with E-state index in [1.807, 2.05) is 25.1 Å². The summed E-state index contributed by atoms with van der Waals surface area (Å²) in [6, 6.07) is 8.84. The van der Waals surface area contributed by atoms with Crippen molar-refractivity contribution in [2.75, 3.05) is 18.5 Å². The van der Waals surface area contributed by atoms with Gasteiger partial charge in [0.25, 0.3) is 5.69 Å². The number of aromatic nitrogens is 1. The van der Waals surface area contributed by atoms with E-state index in [1.165, 1.54) is 12.3 Å². The van der Waals surface area contributed by atoms with E-state index in [9.17, 15) is 10.1 Å². The van der Waals surface area contributed by atoms with Crippen LogP contribution in [0.2, 0.25) is 0 Å². The van der Waals surface area contributed by atoms with E-state index >= 15 is 0 Å². The first-order valence-electron chi connectivity index (χ1n) is 8.81.